The molecule has 1 heterocycles. The van der Waals surface area contributed by atoms with Gasteiger partial charge in [-0.25, -0.2) is 4.79 Å². The Bertz CT molecular complexity index is 601. The van der Waals surface area contributed by atoms with Crippen molar-refractivity contribution in [2.45, 2.75) is 6.92 Å². The summed E-state index contributed by atoms with van der Waals surface area (Å²) in [6, 6.07) is 9.28. The summed E-state index contributed by atoms with van der Waals surface area (Å²) >= 11 is 0. The number of nitrogens with two attached hydrogens (primary N) is 1. The minimum absolute atomic E-state index is 0.0310. The number of anilines is 2. The maximum atomic E-state index is 11.6. The van der Waals surface area contributed by atoms with Crippen LogP contribution in [0.4, 0.5) is 11.6 Å². The molecule has 6 nitrogen and oxygen atoms in total. The van der Waals surface area contributed by atoms with Crippen molar-refractivity contribution in [1.82, 2.24) is 0 Å². The lowest BCUT2D eigenvalue weighted by Crippen LogP contribution is -2.08. The second-order valence-corrected chi connectivity index (χ2v) is 3.80. The average Bonchev–Trinajstić information content (AvgIpc) is 2.78. The van der Waals surface area contributed by atoms with Crippen LogP contribution in [0.1, 0.15) is 17.5 Å². The summed E-state index contributed by atoms with van der Waals surface area (Å²) in [6.07, 6.45) is 0. The van der Waals surface area contributed by atoms with Gasteiger partial charge in [-0.2, -0.15) is 0 Å². The maximum absolute atomic E-state index is 11.6. The van der Waals surface area contributed by atoms with Crippen LogP contribution in [0.5, 0.6) is 5.75 Å². The van der Waals surface area contributed by atoms with Gasteiger partial charge in [-0.05, 0) is 30.3 Å². The zero-order valence-corrected chi connectivity index (χ0v) is 10.2. The number of hydrogen-bond donors (Lipinski definition) is 2. The fourth-order valence-corrected chi connectivity index (χ4v) is 1.43. The first-order valence-corrected chi connectivity index (χ1v) is 5.50. The molecule has 1 aromatic heterocycles. The highest BCUT2D eigenvalue weighted by molar-refractivity contribution is 5.89. The molecular weight excluding hydrogens is 248 g/mol. The molecule has 0 fully saturated rings. The van der Waals surface area contributed by atoms with Crippen LogP contribution >= 0.6 is 0 Å². The largest absolute Gasteiger partial charge is 0.434 e. The third kappa shape index (κ3) is 3.35. The van der Waals surface area contributed by atoms with Gasteiger partial charge in [0.25, 0.3) is 0 Å². The quantitative estimate of drug-likeness (QED) is 0.650. The third-order valence-electron chi connectivity index (χ3n) is 2.21. The van der Waals surface area contributed by atoms with Gasteiger partial charge >= 0.3 is 5.97 Å². The Hall–Kier alpha value is -2.76. The standard InChI is InChI=1S/C13H12N2O4/c1-8(16)15-9-2-4-10(5-3-9)18-13(17)11-6-7-12(14)19-11/h2-7H,14H2,1H3,(H,15,16). The lowest BCUT2D eigenvalue weighted by molar-refractivity contribution is -0.114. The van der Waals surface area contributed by atoms with Crippen molar-refractivity contribution in [3.63, 3.8) is 0 Å². The van der Waals surface area contributed by atoms with E-state index in [1.165, 1.54) is 19.1 Å². The van der Waals surface area contributed by atoms with E-state index in [0.717, 1.165) is 0 Å². The van der Waals surface area contributed by atoms with Gasteiger partial charge in [0, 0.05) is 18.7 Å². The van der Waals surface area contributed by atoms with Crippen LogP contribution in [0.15, 0.2) is 40.8 Å². The molecule has 0 aliphatic heterocycles. The summed E-state index contributed by atoms with van der Waals surface area (Å²) in [5, 5.41) is 2.61. The number of benzene rings is 1. The van der Waals surface area contributed by atoms with Crippen LogP contribution in [0.25, 0.3) is 0 Å². The number of esters is 1. The van der Waals surface area contributed by atoms with Gasteiger partial charge in [-0.1, -0.05) is 0 Å². The van der Waals surface area contributed by atoms with Gasteiger partial charge < -0.3 is 20.2 Å². The SMILES string of the molecule is CC(=O)Nc1ccc(OC(=O)c2ccc(N)o2)cc1. The van der Waals surface area contributed by atoms with E-state index in [1.54, 1.807) is 24.3 Å². The number of ether oxygens (including phenoxy) is 1. The lowest BCUT2D eigenvalue weighted by Gasteiger charge is -2.04. The van der Waals surface area contributed by atoms with Crippen molar-refractivity contribution in [3.05, 3.63) is 42.2 Å². The zero-order chi connectivity index (χ0) is 13.8. The Morgan fingerprint density at radius 1 is 1.16 bits per heavy atom. The molecule has 98 valence electrons. The van der Waals surface area contributed by atoms with Crippen molar-refractivity contribution < 1.29 is 18.7 Å². The predicted molar refractivity (Wildman–Crippen MR) is 68.8 cm³/mol. The lowest BCUT2D eigenvalue weighted by atomic mass is 10.3. The molecule has 0 saturated heterocycles. The maximum Gasteiger partial charge on any atom is 0.379 e. The van der Waals surface area contributed by atoms with Gasteiger partial charge in [-0.15, -0.1) is 0 Å². The summed E-state index contributed by atoms with van der Waals surface area (Å²) in [7, 11) is 0. The number of nitrogen functional groups attached to an aromatic ring is 1. The van der Waals surface area contributed by atoms with E-state index in [2.05, 4.69) is 5.32 Å². The molecule has 0 bridgehead atoms. The number of furan rings is 1. The first-order chi connectivity index (χ1) is 9.04. The number of carbonyl (C=O) groups is 2. The van der Waals surface area contributed by atoms with Crippen molar-refractivity contribution >= 4 is 23.4 Å². The fraction of sp³-hybridized carbons (Fsp3) is 0.0769. The van der Waals surface area contributed by atoms with Crippen LogP contribution in [-0.2, 0) is 4.79 Å². The number of amides is 1. The second-order valence-electron chi connectivity index (χ2n) is 3.80. The zero-order valence-electron chi connectivity index (χ0n) is 10.2. The van der Waals surface area contributed by atoms with E-state index in [-0.39, 0.29) is 17.6 Å². The molecule has 6 heteroatoms. The molecular formula is C13H12N2O4. The molecule has 1 amide bonds. The summed E-state index contributed by atoms with van der Waals surface area (Å²) in [6.45, 7) is 1.41. The highest BCUT2D eigenvalue weighted by Gasteiger charge is 2.12. The molecule has 0 atom stereocenters. The van der Waals surface area contributed by atoms with E-state index in [0.29, 0.717) is 11.4 Å². The van der Waals surface area contributed by atoms with Crippen LogP contribution in [0.2, 0.25) is 0 Å². The molecule has 19 heavy (non-hydrogen) atoms. The summed E-state index contributed by atoms with van der Waals surface area (Å²) in [4.78, 5) is 22.5. The molecule has 0 aliphatic rings. The van der Waals surface area contributed by atoms with Gasteiger partial charge in [0.1, 0.15) is 5.75 Å². The highest BCUT2D eigenvalue weighted by Crippen LogP contribution is 2.18. The van der Waals surface area contributed by atoms with Gasteiger partial charge in [0.2, 0.25) is 11.7 Å². The number of hydrogen-bond acceptors (Lipinski definition) is 5. The van der Waals surface area contributed by atoms with E-state index in [4.69, 9.17) is 14.9 Å². The molecule has 2 aromatic rings. The number of nitrogens with one attached hydrogen (secondary N) is 1. The molecule has 0 unspecified atom stereocenters. The van der Waals surface area contributed by atoms with Crippen LogP contribution < -0.4 is 15.8 Å². The third-order valence-corrected chi connectivity index (χ3v) is 2.21. The van der Waals surface area contributed by atoms with Crippen molar-refractivity contribution in [3.8, 4) is 5.75 Å². The van der Waals surface area contributed by atoms with E-state index < -0.39 is 5.97 Å². The molecule has 2 rings (SSSR count). The minimum atomic E-state index is -0.635. The molecule has 0 aliphatic carbocycles. The fourth-order valence-electron chi connectivity index (χ4n) is 1.43. The molecule has 1 aromatic carbocycles. The van der Waals surface area contributed by atoms with Gasteiger partial charge in [0.15, 0.2) is 5.88 Å². The monoisotopic (exact) mass is 260 g/mol. The Morgan fingerprint density at radius 3 is 2.37 bits per heavy atom. The predicted octanol–water partition coefficient (Wildman–Crippen LogP) is 2.04. The van der Waals surface area contributed by atoms with Gasteiger partial charge in [0.05, 0.1) is 0 Å². The Balaban J connectivity index is 2.03. The van der Waals surface area contributed by atoms with Crippen molar-refractivity contribution in [2.24, 2.45) is 0 Å². The Kier molecular flexibility index (Phi) is 3.51. The van der Waals surface area contributed by atoms with Crippen LogP contribution in [0, 0.1) is 0 Å². The minimum Gasteiger partial charge on any atom is -0.434 e. The first-order valence-electron chi connectivity index (χ1n) is 5.50. The molecule has 0 saturated carbocycles. The summed E-state index contributed by atoms with van der Waals surface area (Å²) < 4.78 is 10.0. The highest BCUT2D eigenvalue weighted by atomic mass is 16.5. The van der Waals surface area contributed by atoms with Crippen LogP contribution in [-0.4, -0.2) is 11.9 Å². The smallest absolute Gasteiger partial charge is 0.379 e. The van der Waals surface area contributed by atoms with Crippen molar-refractivity contribution in [1.29, 1.82) is 0 Å². The van der Waals surface area contributed by atoms with Crippen molar-refractivity contribution in [2.75, 3.05) is 11.1 Å². The molecule has 0 spiro atoms. The number of rotatable bonds is 3. The summed E-state index contributed by atoms with van der Waals surface area (Å²) in [5.74, 6) is -0.287. The van der Waals surface area contributed by atoms with E-state index in [9.17, 15) is 9.59 Å². The topological polar surface area (TPSA) is 94.6 Å². The number of carbonyl (C=O) groups excluding carboxylic acids is 2. The van der Waals surface area contributed by atoms with Gasteiger partial charge in [-0.3, -0.25) is 4.79 Å². The summed E-state index contributed by atoms with van der Waals surface area (Å²) in [5.41, 5.74) is 5.98. The normalized spacial score (nSPS) is 9.95. The van der Waals surface area contributed by atoms with E-state index >= 15 is 0 Å². The Labute approximate surface area is 109 Å². The molecule has 3 N–H and O–H groups in total. The average molecular weight is 260 g/mol. The first kappa shape index (κ1) is 12.7. The van der Waals surface area contributed by atoms with E-state index in [1.807, 2.05) is 0 Å². The molecule has 0 radical (unpaired) electrons. The Morgan fingerprint density at radius 2 is 1.84 bits per heavy atom. The van der Waals surface area contributed by atoms with Crippen LogP contribution in [0.3, 0.4) is 0 Å². The second kappa shape index (κ2) is 5.26.